The Labute approximate surface area is 209 Å². The van der Waals surface area contributed by atoms with Gasteiger partial charge in [-0.2, -0.15) is 0 Å². The van der Waals surface area contributed by atoms with Crippen LogP contribution in [0, 0.1) is 0 Å². The smallest absolute Gasteiger partial charge is 0.00264 e. The molecule has 8 aromatic carbocycles. The van der Waals surface area contributed by atoms with E-state index in [9.17, 15) is 0 Å². The van der Waals surface area contributed by atoms with Gasteiger partial charge in [-0.05, 0) is 100 Å². The van der Waals surface area contributed by atoms with Crippen LogP contribution >= 0.6 is 0 Å². The molecule has 0 aliphatic heterocycles. The van der Waals surface area contributed by atoms with E-state index in [1.165, 1.54) is 75.8 Å². The number of fused-ring (bicyclic) bond motifs is 8. The van der Waals surface area contributed by atoms with Crippen LogP contribution in [0.25, 0.3) is 75.8 Å². The molecule has 166 valence electrons. The average Bonchev–Trinajstić information content (AvgIpc) is 2.94. The normalized spacial score (nSPS) is 11.9. The molecule has 8 aromatic rings. The first kappa shape index (κ1) is 19.6. The minimum atomic E-state index is 1.28. The van der Waals surface area contributed by atoms with Crippen LogP contribution in [-0.2, 0) is 0 Å². The summed E-state index contributed by atoms with van der Waals surface area (Å²) in [5, 5.41) is 15.5. The molecule has 0 saturated heterocycles. The minimum Gasteiger partial charge on any atom is -0.0616 e. The van der Waals surface area contributed by atoms with Gasteiger partial charge in [-0.3, -0.25) is 0 Å². The van der Waals surface area contributed by atoms with E-state index < -0.39 is 0 Å². The highest BCUT2D eigenvalue weighted by Gasteiger charge is 2.13. The van der Waals surface area contributed by atoms with E-state index in [0.29, 0.717) is 0 Å². The summed E-state index contributed by atoms with van der Waals surface area (Å²) in [7, 11) is 0. The van der Waals surface area contributed by atoms with Crippen molar-refractivity contribution in [1.29, 1.82) is 0 Å². The Hall–Kier alpha value is -4.68. The summed E-state index contributed by atoms with van der Waals surface area (Å²) in [5.41, 5.74) is 2.58. The van der Waals surface area contributed by atoms with Crippen LogP contribution in [0.4, 0.5) is 0 Å². The standard InChI is InChI=1S/C36H22/c1-3-9-27-21-33-29(19-25(27)7-1)17-15-23-11-5-13-31(35(23)33)32-14-6-12-24-16-18-30-20-26-8-2-4-10-28(26)22-34(30)36(24)32/h1-22H. The molecule has 0 heterocycles. The topological polar surface area (TPSA) is 0 Å². The van der Waals surface area contributed by atoms with Gasteiger partial charge < -0.3 is 0 Å². The maximum atomic E-state index is 2.37. The lowest BCUT2D eigenvalue weighted by Crippen LogP contribution is -1.88. The van der Waals surface area contributed by atoms with Crippen LogP contribution in [0.1, 0.15) is 0 Å². The van der Waals surface area contributed by atoms with Gasteiger partial charge in [0.15, 0.2) is 0 Å². The third kappa shape index (κ3) is 2.82. The quantitative estimate of drug-likeness (QED) is 0.171. The maximum Gasteiger partial charge on any atom is -0.00264 e. The fraction of sp³-hybridized carbons (Fsp3) is 0. The van der Waals surface area contributed by atoms with Gasteiger partial charge in [0, 0.05) is 0 Å². The Kier molecular flexibility index (Phi) is 4.03. The molecule has 0 aliphatic rings. The summed E-state index contributed by atoms with van der Waals surface area (Å²) in [6.07, 6.45) is 0. The Morgan fingerprint density at radius 1 is 0.250 bits per heavy atom. The monoisotopic (exact) mass is 454 g/mol. The van der Waals surface area contributed by atoms with Crippen LogP contribution in [0.3, 0.4) is 0 Å². The average molecular weight is 455 g/mol. The van der Waals surface area contributed by atoms with Crippen LogP contribution in [0.5, 0.6) is 0 Å². The van der Waals surface area contributed by atoms with Crippen molar-refractivity contribution in [2.45, 2.75) is 0 Å². The van der Waals surface area contributed by atoms with Gasteiger partial charge in [-0.25, -0.2) is 0 Å². The largest absolute Gasteiger partial charge is 0.0616 e. The van der Waals surface area contributed by atoms with E-state index in [1.807, 2.05) is 0 Å². The summed E-state index contributed by atoms with van der Waals surface area (Å²) < 4.78 is 0. The highest BCUT2D eigenvalue weighted by Crippen LogP contribution is 2.41. The summed E-state index contributed by atoms with van der Waals surface area (Å²) in [5.74, 6) is 0. The van der Waals surface area contributed by atoms with E-state index in [1.54, 1.807) is 0 Å². The maximum absolute atomic E-state index is 2.37. The number of benzene rings is 8. The van der Waals surface area contributed by atoms with Gasteiger partial charge in [-0.1, -0.05) is 109 Å². The molecular weight excluding hydrogens is 432 g/mol. The molecule has 0 fully saturated rings. The number of hydrogen-bond donors (Lipinski definition) is 0. The van der Waals surface area contributed by atoms with Crippen molar-refractivity contribution >= 4 is 64.6 Å². The zero-order chi connectivity index (χ0) is 23.6. The third-order valence-electron chi connectivity index (χ3n) is 7.74. The third-order valence-corrected chi connectivity index (χ3v) is 7.74. The highest BCUT2D eigenvalue weighted by molar-refractivity contribution is 6.23. The van der Waals surface area contributed by atoms with Crippen LogP contribution < -0.4 is 0 Å². The van der Waals surface area contributed by atoms with Gasteiger partial charge in [0.2, 0.25) is 0 Å². The molecule has 0 radical (unpaired) electrons. The van der Waals surface area contributed by atoms with Crippen LogP contribution in [0.2, 0.25) is 0 Å². The Bertz CT molecular complexity index is 1990. The van der Waals surface area contributed by atoms with Gasteiger partial charge in [-0.15, -0.1) is 0 Å². The van der Waals surface area contributed by atoms with E-state index in [0.717, 1.165) is 0 Å². The second-order valence-corrected chi connectivity index (χ2v) is 9.78. The molecule has 0 saturated carbocycles. The lowest BCUT2D eigenvalue weighted by atomic mass is 9.88. The fourth-order valence-electron chi connectivity index (χ4n) is 6.05. The molecule has 0 aromatic heterocycles. The van der Waals surface area contributed by atoms with Gasteiger partial charge in [0.05, 0.1) is 0 Å². The van der Waals surface area contributed by atoms with Gasteiger partial charge in [0.25, 0.3) is 0 Å². The second-order valence-electron chi connectivity index (χ2n) is 9.78. The minimum absolute atomic E-state index is 1.28. The first-order valence-corrected chi connectivity index (χ1v) is 12.5. The first-order chi connectivity index (χ1) is 17.8. The molecular formula is C36H22. The zero-order valence-electron chi connectivity index (χ0n) is 19.7. The van der Waals surface area contributed by atoms with Crippen molar-refractivity contribution in [3.63, 3.8) is 0 Å². The Morgan fingerprint density at radius 2 is 0.611 bits per heavy atom. The molecule has 36 heavy (non-hydrogen) atoms. The van der Waals surface area contributed by atoms with Crippen molar-refractivity contribution in [2.24, 2.45) is 0 Å². The van der Waals surface area contributed by atoms with E-state index in [4.69, 9.17) is 0 Å². The molecule has 0 amide bonds. The summed E-state index contributed by atoms with van der Waals surface area (Å²) in [6.45, 7) is 0. The predicted molar refractivity (Wildman–Crippen MR) is 157 cm³/mol. The SMILES string of the molecule is c1ccc2cc3c(ccc4cccc(-c5cccc6ccc7cc8ccccc8cc7c56)c43)cc2c1. The van der Waals surface area contributed by atoms with Gasteiger partial charge >= 0.3 is 0 Å². The van der Waals surface area contributed by atoms with Crippen molar-refractivity contribution in [2.75, 3.05) is 0 Å². The van der Waals surface area contributed by atoms with Crippen molar-refractivity contribution in [3.8, 4) is 11.1 Å². The van der Waals surface area contributed by atoms with Crippen LogP contribution in [-0.4, -0.2) is 0 Å². The van der Waals surface area contributed by atoms with Crippen molar-refractivity contribution in [3.05, 3.63) is 133 Å². The molecule has 0 atom stereocenters. The molecule has 0 unspecified atom stereocenters. The second kappa shape index (κ2) is 7.41. The van der Waals surface area contributed by atoms with Crippen LogP contribution in [0.15, 0.2) is 133 Å². The lowest BCUT2D eigenvalue weighted by Gasteiger charge is -2.15. The molecule has 8 rings (SSSR count). The fourth-order valence-corrected chi connectivity index (χ4v) is 6.05. The van der Waals surface area contributed by atoms with E-state index in [-0.39, 0.29) is 0 Å². The summed E-state index contributed by atoms with van der Waals surface area (Å²) in [6, 6.07) is 49.2. The Balaban J connectivity index is 1.54. The number of rotatable bonds is 1. The Morgan fingerprint density at radius 3 is 1.06 bits per heavy atom. The predicted octanol–water partition coefficient (Wildman–Crippen LogP) is 10.3. The lowest BCUT2D eigenvalue weighted by molar-refractivity contribution is 1.71. The van der Waals surface area contributed by atoms with E-state index >= 15 is 0 Å². The number of hydrogen-bond acceptors (Lipinski definition) is 0. The first-order valence-electron chi connectivity index (χ1n) is 12.5. The van der Waals surface area contributed by atoms with Gasteiger partial charge in [0.1, 0.15) is 0 Å². The molecule has 0 nitrogen and oxygen atoms in total. The molecule has 0 aliphatic carbocycles. The summed E-state index contributed by atoms with van der Waals surface area (Å²) >= 11 is 0. The molecule has 0 spiro atoms. The van der Waals surface area contributed by atoms with E-state index in [2.05, 4.69) is 133 Å². The summed E-state index contributed by atoms with van der Waals surface area (Å²) in [4.78, 5) is 0. The molecule has 0 N–H and O–H groups in total. The molecule has 0 heteroatoms. The highest BCUT2D eigenvalue weighted by atomic mass is 14.2. The zero-order valence-corrected chi connectivity index (χ0v) is 19.7. The van der Waals surface area contributed by atoms with Crippen molar-refractivity contribution in [1.82, 2.24) is 0 Å². The molecule has 0 bridgehead atoms. The van der Waals surface area contributed by atoms with Crippen molar-refractivity contribution < 1.29 is 0 Å².